The molecule has 0 heterocycles. The van der Waals surface area contributed by atoms with Gasteiger partial charge in [-0.05, 0) is 82.7 Å². The number of ketones is 1. The summed E-state index contributed by atoms with van der Waals surface area (Å²) >= 11 is 0. The minimum absolute atomic E-state index is 0.00518. The van der Waals surface area contributed by atoms with E-state index in [1.165, 1.54) is 37.5 Å². The van der Waals surface area contributed by atoms with Gasteiger partial charge < -0.3 is 10.2 Å². The number of aromatic carboxylic acids is 1. The lowest BCUT2D eigenvalue weighted by molar-refractivity contribution is 0.0696. The van der Waals surface area contributed by atoms with Crippen LogP contribution in [-0.2, 0) is 0 Å². The zero-order valence-corrected chi connectivity index (χ0v) is 26.8. The first-order valence-electron chi connectivity index (χ1n) is 14.6. The van der Waals surface area contributed by atoms with Gasteiger partial charge in [0.05, 0.1) is 5.56 Å². The van der Waals surface area contributed by atoms with E-state index in [1.54, 1.807) is 32.1 Å². The molecule has 2 atom stereocenters. The molecule has 0 aromatic heterocycles. The van der Waals surface area contributed by atoms with Crippen LogP contribution in [0.25, 0.3) is 5.57 Å². The average molecular weight is 606 g/mol. The molecule has 7 heteroatoms. The molecule has 1 aliphatic rings. The first kappa shape index (κ1) is 37.6. The number of benzene rings is 2. The molecule has 0 unspecified atom stereocenters. The van der Waals surface area contributed by atoms with E-state index in [0.29, 0.717) is 28.8 Å². The monoisotopic (exact) mass is 605 g/mol. The quantitative estimate of drug-likeness (QED) is 0.169. The number of hydrogen-bond donors (Lipinski definition) is 2. The van der Waals surface area contributed by atoms with E-state index in [1.807, 2.05) is 13.0 Å². The van der Waals surface area contributed by atoms with Crippen LogP contribution in [0, 0.1) is 5.92 Å². The fraction of sp³-hybridized carbons (Fsp3) is 0.324. The van der Waals surface area contributed by atoms with Gasteiger partial charge in [-0.15, -0.1) is 0 Å². The van der Waals surface area contributed by atoms with Crippen LogP contribution >= 0.6 is 0 Å². The van der Waals surface area contributed by atoms with Crippen molar-refractivity contribution >= 4 is 23.0 Å². The Bertz CT molecular complexity index is 1450. The molecule has 3 rings (SSSR count). The highest BCUT2D eigenvalue weighted by molar-refractivity contribution is 6.04. The SMILES string of the molecule is C/C=C/C(F)=C(\C)F.C=C(C)N=C(C)[C@@H]1CC=CC(O)=C1c1ccc(C(C)=O)cc1C(=O)O.CCC[C@@H](C)c1ccccc1. The van der Waals surface area contributed by atoms with Crippen molar-refractivity contribution in [2.45, 2.75) is 73.6 Å². The molecule has 0 spiro atoms. The largest absolute Gasteiger partial charge is 0.508 e. The summed E-state index contributed by atoms with van der Waals surface area (Å²) in [5.41, 5.74) is 4.03. The summed E-state index contributed by atoms with van der Waals surface area (Å²) in [6.07, 6.45) is 9.07. The maximum atomic E-state index is 11.9. The highest BCUT2D eigenvalue weighted by Gasteiger charge is 2.28. The summed E-state index contributed by atoms with van der Waals surface area (Å²) in [6.45, 7) is 16.0. The zero-order valence-electron chi connectivity index (χ0n) is 26.8. The zero-order chi connectivity index (χ0) is 33.4. The third-order valence-electron chi connectivity index (χ3n) is 6.82. The third-order valence-corrected chi connectivity index (χ3v) is 6.82. The van der Waals surface area contributed by atoms with Crippen LogP contribution in [0.3, 0.4) is 0 Å². The molecule has 0 aliphatic heterocycles. The minimum atomic E-state index is -1.15. The number of carboxylic acids is 1. The van der Waals surface area contributed by atoms with Gasteiger partial charge in [0.2, 0.25) is 0 Å². The fourth-order valence-electron chi connectivity index (χ4n) is 4.60. The van der Waals surface area contributed by atoms with E-state index >= 15 is 0 Å². The molecule has 236 valence electrons. The van der Waals surface area contributed by atoms with Crippen molar-refractivity contribution in [1.29, 1.82) is 0 Å². The van der Waals surface area contributed by atoms with Crippen LogP contribution in [0.15, 0.2) is 108 Å². The summed E-state index contributed by atoms with van der Waals surface area (Å²) in [4.78, 5) is 27.7. The first-order valence-corrected chi connectivity index (χ1v) is 14.6. The van der Waals surface area contributed by atoms with E-state index in [4.69, 9.17) is 0 Å². The highest BCUT2D eigenvalue weighted by Crippen LogP contribution is 2.36. The highest BCUT2D eigenvalue weighted by atomic mass is 19.2. The molecule has 0 saturated heterocycles. The lowest BCUT2D eigenvalue weighted by Crippen LogP contribution is -2.19. The van der Waals surface area contributed by atoms with Gasteiger partial charge in [-0.3, -0.25) is 9.79 Å². The molecule has 0 saturated carbocycles. The van der Waals surface area contributed by atoms with Crippen LogP contribution in [0.4, 0.5) is 8.78 Å². The van der Waals surface area contributed by atoms with Crippen molar-refractivity contribution in [3.8, 4) is 0 Å². The second kappa shape index (κ2) is 19.0. The molecule has 0 amide bonds. The summed E-state index contributed by atoms with van der Waals surface area (Å²) < 4.78 is 23.7. The number of carbonyl (C=O) groups is 2. The molecule has 2 N–H and O–H groups in total. The Labute approximate surface area is 260 Å². The number of aliphatic hydroxyl groups excluding tert-OH is 1. The molecule has 2 aromatic rings. The van der Waals surface area contributed by atoms with Crippen molar-refractivity contribution in [1.82, 2.24) is 0 Å². The Balaban J connectivity index is 0.000000417. The Kier molecular flexibility index (Phi) is 16.3. The van der Waals surface area contributed by atoms with Gasteiger partial charge in [0.1, 0.15) is 11.6 Å². The topological polar surface area (TPSA) is 87.0 Å². The molecule has 0 bridgehead atoms. The van der Waals surface area contributed by atoms with Gasteiger partial charge in [-0.25, -0.2) is 13.6 Å². The number of Topliss-reactive ketones (excluding diaryl/α,β-unsaturated/α-hetero) is 1. The maximum absolute atomic E-state index is 11.9. The molecular weight excluding hydrogens is 560 g/mol. The van der Waals surface area contributed by atoms with Crippen LogP contribution in [0.5, 0.6) is 0 Å². The van der Waals surface area contributed by atoms with Crippen molar-refractivity contribution in [2.75, 3.05) is 0 Å². The molecule has 2 aromatic carbocycles. The number of nitrogens with zero attached hydrogens (tertiary/aromatic N) is 1. The van der Waals surface area contributed by atoms with Gasteiger partial charge >= 0.3 is 5.97 Å². The molecular formula is C37H45F2NO4. The lowest BCUT2D eigenvalue weighted by Gasteiger charge is -2.24. The van der Waals surface area contributed by atoms with E-state index in [-0.39, 0.29) is 23.0 Å². The second-order valence-corrected chi connectivity index (χ2v) is 10.6. The smallest absolute Gasteiger partial charge is 0.336 e. The Morgan fingerprint density at radius 1 is 1.09 bits per heavy atom. The molecule has 5 nitrogen and oxygen atoms in total. The van der Waals surface area contributed by atoms with Crippen LogP contribution in [0.1, 0.15) is 105 Å². The lowest BCUT2D eigenvalue weighted by atomic mass is 9.80. The van der Waals surface area contributed by atoms with Gasteiger partial charge in [0, 0.05) is 28.5 Å². The Morgan fingerprint density at radius 3 is 2.20 bits per heavy atom. The van der Waals surface area contributed by atoms with E-state index < -0.39 is 17.6 Å². The molecule has 1 aliphatic carbocycles. The van der Waals surface area contributed by atoms with Gasteiger partial charge in [-0.2, -0.15) is 0 Å². The van der Waals surface area contributed by atoms with Crippen molar-refractivity contribution < 1.29 is 28.6 Å². The van der Waals surface area contributed by atoms with Crippen molar-refractivity contribution in [2.24, 2.45) is 10.9 Å². The number of hydrogen-bond acceptors (Lipinski definition) is 4. The predicted octanol–water partition coefficient (Wildman–Crippen LogP) is 10.8. The maximum Gasteiger partial charge on any atom is 0.336 e. The number of rotatable bonds is 9. The third kappa shape index (κ3) is 12.1. The van der Waals surface area contributed by atoms with Crippen LogP contribution in [0.2, 0.25) is 0 Å². The van der Waals surface area contributed by atoms with Gasteiger partial charge in [0.25, 0.3) is 0 Å². The number of carbonyl (C=O) groups excluding carboxylic acids is 1. The molecule has 0 fully saturated rings. The first-order chi connectivity index (χ1) is 20.7. The van der Waals surface area contributed by atoms with E-state index in [2.05, 4.69) is 55.8 Å². The number of aliphatic hydroxyl groups is 1. The number of carboxylic acid groups (broad SMARTS) is 1. The Morgan fingerprint density at radius 2 is 1.73 bits per heavy atom. The predicted molar refractivity (Wildman–Crippen MR) is 178 cm³/mol. The minimum Gasteiger partial charge on any atom is -0.508 e. The standard InChI is InChI=1S/C20H21NO4.C11H16.C6H8F2/c1-11(2)21-12(3)15-6-5-7-18(23)19(15)16-9-8-14(13(4)22)10-17(16)20(24)25;1-3-7-10(2)11-8-5-4-6-9-11;1-3-4-6(8)5(2)7/h5,7-10,15,23H,1,6H2,2-4H3,(H,24,25);4-6,8-10H,3,7H2,1-2H3;3-4H,1-2H3/b;;4-3+,6-5-/t15-;10-;/m01./s1. The summed E-state index contributed by atoms with van der Waals surface area (Å²) in [5.74, 6) is -2.47. The summed E-state index contributed by atoms with van der Waals surface area (Å²) in [6, 6.07) is 15.2. The normalized spacial score (nSPS) is 15.8. The number of aliphatic imine (C=N–C) groups is 1. The summed E-state index contributed by atoms with van der Waals surface area (Å²) in [7, 11) is 0. The Hall–Kier alpha value is -4.39. The molecule has 44 heavy (non-hydrogen) atoms. The van der Waals surface area contributed by atoms with Gasteiger partial charge in [-0.1, -0.05) is 81.5 Å². The van der Waals surface area contributed by atoms with Crippen molar-refractivity contribution in [3.05, 3.63) is 125 Å². The van der Waals surface area contributed by atoms with E-state index in [9.17, 15) is 28.6 Å². The second-order valence-electron chi connectivity index (χ2n) is 10.6. The average Bonchev–Trinajstić information content (AvgIpc) is 2.97. The van der Waals surface area contributed by atoms with Crippen LogP contribution in [-0.4, -0.2) is 27.7 Å². The number of allylic oxidation sites excluding steroid dienone is 8. The number of halogens is 2. The summed E-state index contributed by atoms with van der Waals surface area (Å²) in [5, 5.41) is 20.0. The van der Waals surface area contributed by atoms with Crippen LogP contribution < -0.4 is 0 Å². The molecule has 0 radical (unpaired) electrons. The fourth-order valence-corrected chi connectivity index (χ4v) is 4.60. The van der Waals surface area contributed by atoms with E-state index in [0.717, 1.165) is 24.6 Å². The van der Waals surface area contributed by atoms with Gasteiger partial charge in [0.15, 0.2) is 11.6 Å². The van der Waals surface area contributed by atoms with Crippen molar-refractivity contribution in [3.63, 3.8) is 0 Å².